The molecule has 6 nitrogen and oxygen atoms in total. The maximum atomic E-state index is 12.1. The monoisotopic (exact) mass is 286 g/mol. The summed E-state index contributed by atoms with van der Waals surface area (Å²) < 4.78 is 0. The zero-order chi connectivity index (χ0) is 15.7. The highest BCUT2D eigenvalue weighted by molar-refractivity contribution is 5.87. The molecule has 0 fully saturated rings. The molecule has 0 spiro atoms. The average Bonchev–Trinajstić information content (AvgIpc) is 2.38. The van der Waals surface area contributed by atoms with Crippen molar-refractivity contribution in [1.82, 2.24) is 15.1 Å². The Balaban J connectivity index is 4.28. The van der Waals surface area contributed by atoms with Crippen molar-refractivity contribution in [2.75, 3.05) is 40.3 Å². The number of carbonyl (C=O) groups is 2. The van der Waals surface area contributed by atoms with Gasteiger partial charge in [-0.2, -0.15) is 0 Å². The fraction of sp³-hybridized carbons (Fsp3) is 0.857. The Morgan fingerprint density at radius 3 is 2.20 bits per heavy atom. The van der Waals surface area contributed by atoms with Crippen molar-refractivity contribution >= 4 is 11.8 Å². The van der Waals surface area contributed by atoms with Crippen LogP contribution in [0.25, 0.3) is 0 Å². The molecule has 0 rings (SSSR count). The second-order valence-electron chi connectivity index (χ2n) is 5.67. The third-order valence-corrected chi connectivity index (χ3v) is 3.10. The predicted octanol–water partition coefficient (Wildman–Crippen LogP) is -0.114. The maximum Gasteiger partial charge on any atom is 0.242 e. The first kappa shape index (κ1) is 18.9. The summed E-state index contributed by atoms with van der Waals surface area (Å²) in [6.45, 7) is 8.00. The Labute approximate surface area is 122 Å². The van der Waals surface area contributed by atoms with Crippen LogP contribution in [-0.4, -0.2) is 67.9 Å². The number of rotatable bonds is 9. The van der Waals surface area contributed by atoms with Crippen LogP contribution >= 0.6 is 0 Å². The van der Waals surface area contributed by atoms with Crippen LogP contribution in [0.15, 0.2) is 0 Å². The molecule has 0 radical (unpaired) electrons. The van der Waals surface area contributed by atoms with Crippen LogP contribution in [-0.2, 0) is 9.59 Å². The molecule has 0 heterocycles. The van der Waals surface area contributed by atoms with Crippen LogP contribution in [0.3, 0.4) is 0 Å². The minimum absolute atomic E-state index is 0.0205. The number of likely N-dealkylation sites (N-methyl/N-ethyl adjacent to an activating group) is 1. The highest BCUT2D eigenvalue weighted by atomic mass is 16.2. The maximum absolute atomic E-state index is 12.1. The van der Waals surface area contributed by atoms with E-state index in [9.17, 15) is 9.59 Å². The molecule has 0 aromatic rings. The zero-order valence-corrected chi connectivity index (χ0v) is 13.5. The van der Waals surface area contributed by atoms with E-state index in [1.54, 1.807) is 4.90 Å². The molecule has 3 N–H and O–H groups in total. The van der Waals surface area contributed by atoms with Gasteiger partial charge < -0.3 is 20.9 Å². The lowest BCUT2D eigenvalue weighted by Gasteiger charge is -2.24. The standard InChI is InChI=1S/C14H30N4O2/c1-6-7-18(9-8-17(4)5)12(19)10-16-14(20)13(15)11(2)3/h11,13H,6-10,15H2,1-5H3,(H,16,20)/t13-/m0/s1. The largest absolute Gasteiger partial charge is 0.346 e. The third-order valence-electron chi connectivity index (χ3n) is 3.10. The lowest BCUT2D eigenvalue weighted by Crippen LogP contribution is -2.48. The van der Waals surface area contributed by atoms with Crippen LogP contribution in [0.1, 0.15) is 27.2 Å². The summed E-state index contributed by atoms with van der Waals surface area (Å²) in [7, 11) is 3.94. The molecule has 0 aliphatic heterocycles. The van der Waals surface area contributed by atoms with Crippen molar-refractivity contribution < 1.29 is 9.59 Å². The molecule has 0 aliphatic rings. The summed E-state index contributed by atoms with van der Waals surface area (Å²) in [6, 6.07) is -0.566. The average molecular weight is 286 g/mol. The molecule has 0 aromatic carbocycles. The van der Waals surface area contributed by atoms with E-state index in [-0.39, 0.29) is 24.3 Å². The molecule has 0 unspecified atom stereocenters. The third kappa shape index (κ3) is 7.45. The predicted molar refractivity (Wildman–Crippen MR) is 81.2 cm³/mol. The van der Waals surface area contributed by atoms with Crippen molar-refractivity contribution in [2.45, 2.75) is 33.2 Å². The van der Waals surface area contributed by atoms with Crippen molar-refractivity contribution in [3.8, 4) is 0 Å². The number of hydrogen-bond acceptors (Lipinski definition) is 4. The lowest BCUT2D eigenvalue weighted by atomic mass is 10.1. The van der Waals surface area contributed by atoms with Gasteiger partial charge in [-0.3, -0.25) is 9.59 Å². The SMILES string of the molecule is CCCN(CCN(C)C)C(=O)CNC(=O)[C@@H](N)C(C)C. The minimum Gasteiger partial charge on any atom is -0.346 e. The van der Waals surface area contributed by atoms with Gasteiger partial charge in [-0.25, -0.2) is 0 Å². The molecule has 0 saturated carbocycles. The molecule has 0 aromatic heterocycles. The Kier molecular flexibility index (Phi) is 9.16. The fourth-order valence-electron chi connectivity index (χ4n) is 1.65. The second-order valence-corrected chi connectivity index (χ2v) is 5.67. The van der Waals surface area contributed by atoms with Crippen molar-refractivity contribution in [1.29, 1.82) is 0 Å². The molecule has 0 aliphatic carbocycles. The van der Waals surface area contributed by atoms with Gasteiger partial charge in [0.15, 0.2) is 0 Å². The summed E-state index contributed by atoms with van der Waals surface area (Å²) in [5, 5.41) is 2.62. The minimum atomic E-state index is -0.566. The highest BCUT2D eigenvalue weighted by Gasteiger charge is 2.19. The van der Waals surface area contributed by atoms with Gasteiger partial charge in [-0.15, -0.1) is 0 Å². The molecule has 1 atom stereocenters. The molecule has 0 saturated heterocycles. The quantitative estimate of drug-likeness (QED) is 0.620. The van der Waals surface area contributed by atoms with Gasteiger partial charge >= 0.3 is 0 Å². The van der Waals surface area contributed by atoms with Crippen LogP contribution in [0.5, 0.6) is 0 Å². The van der Waals surface area contributed by atoms with Gasteiger partial charge in [0.1, 0.15) is 0 Å². The number of hydrogen-bond donors (Lipinski definition) is 2. The summed E-state index contributed by atoms with van der Waals surface area (Å²) in [6.07, 6.45) is 0.901. The Hall–Kier alpha value is -1.14. The van der Waals surface area contributed by atoms with E-state index in [2.05, 4.69) is 5.32 Å². The van der Waals surface area contributed by atoms with E-state index in [4.69, 9.17) is 5.73 Å². The number of carbonyl (C=O) groups excluding carboxylic acids is 2. The Morgan fingerprint density at radius 2 is 1.75 bits per heavy atom. The number of nitrogens with zero attached hydrogens (tertiary/aromatic N) is 2. The van der Waals surface area contributed by atoms with E-state index in [0.29, 0.717) is 13.1 Å². The fourth-order valence-corrected chi connectivity index (χ4v) is 1.65. The van der Waals surface area contributed by atoms with Gasteiger partial charge in [0.25, 0.3) is 0 Å². The summed E-state index contributed by atoms with van der Waals surface area (Å²) in [4.78, 5) is 27.6. The molecule has 20 heavy (non-hydrogen) atoms. The van der Waals surface area contributed by atoms with Gasteiger partial charge in [0.2, 0.25) is 11.8 Å². The topological polar surface area (TPSA) is 78.7 Å². The smallest absolute Gasteiger partial charge is 0.242 e. The van der Waals surface area contributed by atoms with E-state index in [0.717, 1.165) is 13.0 Å². The normalized spacial score (nSPS) is 12.6. The lowest BCUT2D eigenvalue weighted by molar-refractivity contribution is -0.133. The summed E-state index contributed by atoms with van der Waals surface area (Å²) >= 11 is 0. The summed E-state index contributed by atoms with van der Waals surface area (Å²) in [5.74, 6) is -0.263. The molecule has 118 valence electrons. The van der Waals surface area contributed by atoms with Gasteiger partial charge in [0.05, 0.1) is 12.6 Å². The van der Waals surface area contributed by atoms with E-state index < -0.39 is 6.04 Å². The van der Waals surface area contributed by atoms with Crippen molar-refractivity contribution in [2.24, 2.45) is 11.7 Å². The molecule has 2 amide bonds. The number of nitrogens with two attached hydrogens (primary N) is 1. The first-order valence-corrected chi connectivity index (χ1v) is 7.25. The Morgan fingerprint density at radius 1 is 1.15 bits per heavy atom. The van der Waals surface area contributed by atoms with E-state index in [1.807, 2.05) is 39.8 Å². The van der Waals surface area contributed by atoms with E-state index >= 15 is 0 Å². The van der Waals surface area contributed by atoms with Gasteiger partial charge in [-0.05, 0) is 26.4 Å². The van der Waals surface area contributed by atoms with Crippen LogP contribution in [0.4, 0.5) is 0 Å². The number of nitrogens with one attached hydrogen (secondary N) is 1. The van der Waals surface area contributed by atoms with Crippen LogP contribution < -0.4 is 11.1 Å². The van der Waals surface area contributed by atoms with Crippen LogP contribution in [0, 0.1) is 5.92 Å². The second kappa shape index (κ2) is 9.72. The first-order chi connectivity index (χ1) is 9.29. The van der Waals surface area contributed by atoms with Gasteiger partial charge in [0, 0.05) is 19.6 Å². The molecule has 6 heteroatoms. The molecular formula is C14H30N4O2. The van der Waals surface area contributed by atoms with Crippen LogP contribution in [0.2, 0.25) is 0 Å². The first-order valence-electron chi connectivity index (χ1n) is 7.25. The van der Waals surface area contributed by atoms with Crippen molar-refractivity contribution in [3.05, 3.63) is 0 Å². The van der Waals surface area contributed by atoms with Gasteiger partial charge in [-0.1, -0.05) is 20.8 Å². The Bertz CT molecular complexity index is 306. The molecular weight excluding hydrogens is 256 g/mol. The van der Waals surface area contributed by atoms with E-state index in [1.165, 1.54) is 0 Å². The summed E-state index contributed by atoms with van der Waals surface area (Å²) in [5.41, 5.74) is 5.74. The zero-order valence-electron chi connectivity index (χ0n) is 13.5. The molecule has 0 bridgehead atoms. The van der Waals surface area contributed by atoms with Crippen molar-refractivity contribution in [3.63, 3.8) is 0 Å². The number of amides is 2. The highest BCUT2D eigenvalue weighted by Crippen LogP contribution is 1.98.